The van der Waals surface area contributed by atoms with Crippen molar-refractivity contribution in [3.05, 3.63) is 66.4 Å². The van der Waals surface area contributed by atoms with Gasteiger partial charge in [-0.1, -0.05) is 44.0 Å². The van der Waals surface area contributed by atoms with Crippen LogP contribution in [0, 0.1) is 15.5 Å². The lowest BCUT2D eigenvalue weighted by atomic mass is 9.63. The molecule has 0 saturated heterocycles. The van der Waals surface area contributed by atoms with Gasteiger partial charge in [-0.3, -0.25) is 14.9 Å². The van der Waals surface area contributed by atoms with Gasteiger partial charge in [0, 0.05) is 22.0 Å². The zero-order valence-corrected chi connectivity index (χ0v) is 21.1. The number of carbonyl (C=O) groups excluding carboxylic acids is 1. The van der Waals surface area contributed by atoms with E-state index in [9.17, 15) is 14.9 Å². The minimum atomic E-state index is -0.964. The van der Waals surface area contributed by atoms with E-state index >= 15 is 0 Å². The Kier molecular flexibility index (Phi) is 4.84. The number of anilines is 1. The van der Waals surface area contributed by atoms with Gasteiger partial charge < -0.3 is 5.32 Å². The summed E-state index contributed by atoms with van der Waals surface area (Å²) in [6.07, 6.45) is 1.35. The fourth-order valence-electron chi connectivity index (χ4n) is 5.55. The summed E-state index contributed by atoms with van der Waals surface area (Å²) in [5, 5.41) is 15.0. The number of hydrogen-bond donors (Lipinski definition) is 1. The minimum Gasteiger partial charge on any atom is -0.324 e. The van der Waals surface area contributed by atoms with Crippen LogP contribution in [0.15, 0.2) is 34.8 Å². The van der Waals surface area contributed by atoms with Crippen LogP contribution in [0.4, 0.5) is 11.4 Å². The molecule has 10 heteroatoms. The summed E-state index contributed by atoms with van der Waals surface area (Å²) >= 11 is 15.8. The summed E-state index contributed by atoms with van der Waals surface area (Å²) in [4.78, 5) is 34.6. The summed E-state index contributed by atoms with van der Waals surface area (Å²) in [5.74, 6) is -0.259. The standard InChI is InChI=1S/C23H19BrCl2N4O3/c1-21(2)22(3)6-7-23(21,20(31)29-15-8-11(30(32)33)4-5-12(15)24)19-18(22)27-16-9-13(25)14(26)10-17(16)28-19/h4-5,8-10H,6-7H2,1-3H3,(H,29,31). The maximum absolute atomic E-state index is 14.0. The fourth-order valence-corrected chi connectivity index (χ4v) is 6.21. The highest BCUT2D eigenvalue weighted by atomic mass is 79.9. The van der Waals surface area contributed by atoms with Crippen molar-refractivity contribution < 1.29 is 9.72 Å². The Balaban J connectivity index is 1.69. The van der Waals surface area contributed by atoms with Crippen molar-refractivity contribution in [3.63, 3.8) is 0 Å². The number of amides is 1. The van der Waals surface area contributed by atoms with Crippen LogP contribution in [-0.2, 0) is 15.6 Å². The quantitative estimate of drug-likeness (QED) is 0.294. The Morgan fingerprint density at radius 1 is 1.06 bits per heavy atom. The van der Waals surface area contributed by atoms with E-state index in [0.717, 1.165) is 12.1 Å². The number of halogens is 3. The highest BCUT2D eigenvalue weighted by molar-refractivity contribution is 9.10. The van der Waals surface area contributed by atoms with Crippen LogP contribution in [0.3, 0.4) is 0 Å². The van der Waals surface area contributed by atoms with E-state index in [0.29, 0.717) is 43.4 Å². The van der Waals surface area contributed by atoms with E-state index in [1.54, 1.807) is 18.2 Å². The average Bonchev–Trinajstić information content (AvgIpc) is 3.04. The maximum atomic E-state index is 14.0. The molecular weight excluding hydrogens is 531 g/mol. The molecule has 0 radical (unpaired) electrons. The lowest BCUT2D eigenvalue weighted by Crippen LogP contribution is -2.48. The Morgan fingerprint density at radius 3 is 2.27 bits per heavy atom. The van der Waals surface area contributed by atoms with Crippen molar-refractivity contribution in [2.45, 2.75) is 44.4 Å². The fraction of sp³-hybridized carbons (Fsp3) is 0.348. The maximum Gasteiger partial charge on any atom is 0.271 e. The molecule has 1 amide bonds. The number of hydrogen-bond acceptors (Lipinski definition) is 5. The lowest BCUT2D eigenvalue weighted by Gasteiger charge is -2.39. The highest BCUT2D eigenvalue weighted by Gasteiger charge is 2.73. The summed E-state index contributed by atoms with van der Waals surface area (Å²) in [5.41, 5.74) is 0.995. The van der Waals surface area contributed by atoms with Crippen LogP contribution in [0.25, 0.3) is 11.0 Å². The Hall–Kier alpha value is -2.29. The molecule has 0 spiro atoms. The third-order valence-electron chi connectivity index (χ3n) is 7.88. The summed E-state index contributed by atoms with van der Waals surface area (Å²) in [6, 6.07) is 7.64. The van der Waals surface area contributed by atoms with E-state index in [2.05, 4.69) is 42.0 Å². The molecule has 170 valence electrons. The van der Waals surface area contributed by atoms with Crippen LogP contribution >= 0.6 is 39.1 Å². The van der Waals surface area contributed by atoms with Gasteiger partial charge in [0.15, 0.2) is 0 Å². The van der Waals surface area contributed by atoms with Crippen molar-refractivity contribution in [1.29, 1.82) is 0 Å². The predicted octanol–water partition coefficient (Wildman–Crippen LogP) is 6.58. The number of nitrogens with zero attached hydrogens (tertiary/aromatic N) is 3. The van der Waals surface area contributed by atoms with Crippen molar-refractivity contribution in [2.75, 3.05) is 5.32 Å². The number of nitro groups is 1. The van der Waals surface area contributed by atoms with E-state index in [4.69, 9.17) is 33.2 Å². The van der Waals surface area contributed by atoms with Gasteiger partial charge in [0.2, 0.25) is 5.91 Å². The second kappa shape index (κ2) is 7.10. The van der Waals surface area contributed by atoms with Gasteiger partial charge >= 0.3 is 0 Å². The third-order valence-corrected chi connectivity index (χ3v) is 9.29. The molecule has 3 aromatic rings. The molecule has 5 rings (SSSR count). The molecule has 2 bridgehead atoms. The first kappa shape index (κ1) is 22.5. The van der Waals surface area contributed by atoms with E-state index in [-0.39, 0.29) is 17.0 Å². The predicted molar refractivity (Wildman–Crippen MR) is 131 cm³/mol. The summed E-state index contributed by atoms with van der Waals surface area (Å²) < 4.78 is 0.556. The second-order valence-electron chi connectivity index (χ2n) is 9.41. The molecule has 1 N–H and O–H groups in total. The first-order valence-electron chi connectivity index (χ1n) is 10.4. The molecule has 2 aliphatic carbocycles. The highest BCUT2D eigenvalue weighted by Crippen LogP contribution is 2.70. The Bertz CT molecular complexity index is 1400. The second-order valence-corrected chi connectivity index (χ2v) is 11.1. The Labute approximate surface area is 208 Å². The van der Waals surface area contributed by atoms with Crippen LogP contribution in [0.5, 0.6) is 0 Å². The molecule has 2 aromatic carbocycles. The molecule has 1 fully saturated rings. The van der Waals surface area contributed by atoms with Crippen molar-refractivity contribution in [1.82, 2.24) is 9.97 Å². The molecule has 0 aliphatic heterocycles. The van der Waals surface area contributed by atoms with Gasteiger partial charge in [-0.15, -0.1) is 0 Å². The summed E-state index contributed by atoms with van der Waals surface area (Å²) in [6.45, 7) is 6.25. The first-order valence-corrected chi connectivity index (χ1v) is 11.9. The number of rotatable bonds is 3. The topological polar surface area (TPSA) is 98.0 Å². The van der Waals surface area contributed by atoms with E-state index < -0.39 is 15.8 Å². The van der Waals surface area contributed by atoms with Crippen LogP contribution in [-0.4, -0.2) is 20.8 Å². The molecule has 1 aromatic heterocycles. The Morgan fingerprint density at radius 2 is 1.67 bits per heavy atom. The number of fused-ring (bicyclic) bond motifs is 6. The van der Waals surface area contributed by atoms with E-state index in [1.165, 1.54) is 12.1 Å². The van der Waals surface area contributed by atoms with Gasteiger partial charge in [-0.25, -0.2) is 9.97 Å². The lowest BCUT2D eigenvalue weighted by molar-refractivity contribution is -0.384. The number of aromatic nitrogens is 2. The van der Waals surface area contributed by atoms with Gasteiger partial charge in [0.1, 0.15) is 0 Å². The molecule has 1 saturated carbocycles. The number of nitrogens with one attached hydrogen (secondary N) is 1. The normalized spacial score (nSPS) is 24.7. The number of nitro benzene ring substituents is 1. The van der Waals surface area contributed by atoms with Gasteiger partial charge in [0.25, 0.3) is 5.69 Å². The molecule has 2 atom stereocenters. The SMILES string of the molecule is CC12CCC(C(=O)Nc3cc([N+](=O)[O-])ccc3Br)(c3nc4cc(Cl)c(Cl)cc4nc31)C2(C)C. The number of non-ortho nitro benzene ring substituents is 1. The van der Waals surface area contributed by atoms with Gasteiger partial charge in [0.05, 0.1) is 48.5 Å². The number of benzene rings is 2. The van der Waals surface area contributed by atoms with Gasteiger partial charge in [-0.2, -0.15) is 0 Å². The monoisotopic (exact) mass is 548 g/mol. The smallest absolute Gasteiger partial charge is 0.271 e. The average molecular weight is 550 g/mol. The van der Waals surface area contributed by atoms with Crippen LogP contribution in [0.1, 0.15) is 45.0 Å². The van der Waals surface area contributed by atoms with Crippen molar-refractivity contribution in [3.8, 4) is 0 Å². The van der Waals surface area contributed by atoms with Crippen LogP contribution < -0.4 is 5.32 Å². The molecule has 1 heterocycles. The number of carbonyl (C=O) groups is 1. The molecule has 7 nitrogen and oxygen atoms in total. The van der Waals surface area contributed by atoms with E-state index in [1.807, 2.05) is 0 Å². The summed E-state index contributed by atoms with van der Waals surface area (Å²) in [7, 11) is 0. The largest absolute Gasteiger partial charge is 0.324 e. The molecular formula is C23H19BrCl2N4O3. The minimum absolute atomic E-state index is 0.106. The zero-order chi connectivity index (χ0) is 23.9. The van der Waals surface area contributed by atoms with Crippen LogP contribution in [0.2, 0.25) is 10.0 Å². The molecule has 2 unspecified atom stereocenters. The third kappa shape index (κ3) is 2.83. The molecule has 33 heavy (non-hydrogen) atoms. The van der Waals surface area contributed by atoms with Gasteiger partial charge in [-0.05, 0) is 52.4 Å². The zero-order valence-electron chi connectivity index (χ0n) is 18.0. The van der Waals surface area contributed by atoms with Crippen molar-refractivity contribution >= 4 is 67.4 Å². The van der Waals surface area contributed by atoms with Crippen molar-refractivity contribution in [2.24, 2.45) is 5.41 Å². The first-order chi connectivity index (χ1) is 15.4. The molecule has 2 aliphatic rings.